The van der Waals surface area contributed by atoms with E-state index in [-0.39, 0.29) is 36.5 Å². The van der Waals surface area contributed by atoms with Gasteiger partial charge < -0.3 is 16.0 Å². The molecule has 214 valence electrons. The van der Waals surface area contributed by atoms with E-state index < -0.39 is 35.8 Å². The minimum absolute atomic E-state index is 0.00162. The minimum Gasteiger partial charge on any atom is -0.364 e. The molecule has 0 unspecified atom stereocenters. The smallest absolute Gasteiger partial charge is 0.269 e. The molecular weight excluding hydrogens is 566 g/mol. The first-order valence-corrected chi connectivity index (χ1v) is 13.6. The van der Waals surface area contributed by atoms with Gasteiger partial charge in [-0.05, 0) is 24.6 Å². The lowest BCUT2D eigenvalue weighted by Crippen LogP contribution is -2.44. The van der Waals surface area contributed by atoms with Crippen molar-refractivity contribution in [2.75, 3.05) is 11.9 Å². The summed E-state index contributed by atoms with van der Waals surface area (Å²) in [4.78, 5) is 44.1. The molecule has 3 N–H and O–H groups in total. The van der Waals surface area contributed by atoms with Gasteiger partial charge in [0, 0.05) is 35.1 Å². The van der Waals surface area contributed by atoms with Gasteiger partial charge >= 0.3 is 0 Å². The van der Waals surface area contributed by atoms with Gasteiger partial charge in [0.1, 0.15) is 18.8 Å². The molecular formula is C30H25ClF2N6O3. The van der Waals surface area contributed by atoms with Crippen molar-refractivity contribution in [3.63, 3.8) is 0 Å². The highest BCUT2D eigenvalue weighted by Gasteiger charge is 2.40. The van der Waals surface area contributed by atoms with E-state index in [1.54, 1.807) is 42.5 Å². The summed E-state index contributed by atoms with van der Waals surface area (Å²) in [5, 5.41) is 7.48. The molecule has 4 aromatic rings. The fraction of sp³-hybridized carbons (Fsp3) is 0.233. The second-order valence-electron chi connectivity index (χ2n) is 10.4. The lowest BCUT2D eigenvalue weighted by molar-refractivity contribution is -0.137. The number of primary amides is 1. The summed E-state index contributed by atoms with van der Waals surface area (Å²) in [5.74, 6) is -2.80. The van der Waals surface area contributed by atoms with Crippen LogP contribution in [-0.4, -0.2) is 56.9 Å². The Morgan fingerprint density at radius 3 is 2.67 bits per heavy atom. The van der Waals surface area contributed by atoms with Gasteiger partial charge in [0.05, 0.1) is 28.5 Å². The SMILES string of the molecule is CC1=Nc2c(ccc(-c3cccc(NC(=O)[C@@H]4C[C@@H](F)CN4C(=O)Cn4nc(C(N)=O)c5ccccc54)c3F)c2Cl)C1. The number of aromatic nitrogens is 2. The maximum Gasteiger partial charge on any atom is 0.269 e. The third-order valence-corrected chi connectivity index (χ3v) is 7.93. The second kappa shape index (κ2) is 10.6. The zero-order chi connectivity index (χ0) is 29.7. The summed E-state index contributed by atoms with van der Waals surface area (Å²) in [7, 11) is 0. The van der Waals surface area contributed by atoms with Gasteiger partial charge in [-0.25, -0.2) is 8.78 Å². The number of alkyl halides is 1. The molecule has 2 aliphatic rings. The fourth-order valence-corrected chi connectivity index (χ4v) is 5.92. The molecule has 2 atom stereocenters. The molecule has 12 heteroatoms. The van der Waals surface area contributed by atoms with E-state index in [2.05, 4.69) is 15.4 Å². The highest BCUT2D eigenvalue weighted by molar-refractivity contribution is 6.36. The quantitative estimate of drug-likeness (QED) is 0.334. The number of fused-ring (bicyclic) bond motifs is 2. The number of halogens is 3. The molecule has 0 saturated carbocycles. The van der Waals surface area contributed by atoms with E-state index in [9.17, 15) is 18.8 Å². The largest absolute Gasteiger partial charge is 0.364 e. The average molecular weight is 591 g/mol. The van der Waals surface area contributed by atoms with Crippen molar-refractivity contribution in [2.45, 2.75) is 38.5 Å². The Kier molecular flexibility index (Phi) is 6.97. The van der Waals surface area contributed by atoms with Gasteiger partial charge in [-0.1, -0.05) is 54.1 Å². The zero-order valence-electron chi connectivity index (χ0n) is 22.4. The summed E-state index contributed by atoms with van der Waals surface area (Å²) in [5.41, 5.74) is 8.84. The van der Waals surface area contributed by atoms with Crippen LogP contribution >= 0.6 is 11.6 Å². The van der Waals surface area contributed by atoms with Gasteiger partial charge in [0.15, 0.2) is 11.5 Å². The van der Waals surface area contributed by atoms with Crippen LogP contribution in [0.3, 0.4) is 0 Å². The predicted molar refractivity (Wildman–Crippen MR) is 155 cm³/mol. The third kappa shape index (κ3) is 4.79. The number of aliphatic imine (C=N–C) groups is 1. The molecule has 2 aliphatic heterocycles. The van der Waals surface area contributed by atoms with Crippen molar-refractivity contribution in [3.8, 4) is 11.1 Å². The van der Waals surface area contributed by atoms with E-state index in [0.717, 1.165) is 16.2 Å². The minimum atomic E-state index is -1.45. The predicted octanol–water partition coefficient (Wildman–Crippen LogP) is 4.82. The van der Waals surface area contributed by atoms with E-state index >= 15 is 4.39 Å². The molecule has 3 amide bonds. The molecule has 3 aromatic carbocycles. The molecule has 1 aromatic heterocycles. The third-order valence-electron chi connectivity index (χ3n) is 7.54. The van der Waals surface area contributed by atoms with Crippen LogP contribution in [0.2, 0.25) is 5.02 Å². The van der Waals surface area contributed by atoms with Crippen molar-refractivity contribution in [3.05, 3.63) is 76.7 Å². The van der Waals surface area contributed by atoms with Gasteiger partial charge in [-0.3, -0.25) is 24.1 Å². The highest BCUT2D eigenvalue weighted by Crippen LogP contribution is 2.42. The normalized spacial score (nSPS) is 17.8. The maximum absolute atomic E-state index is 15.7. The fourth-order valence-electron chi connectivity index (χ4n) is 5.59. The van der Waals surface area contributed by atoms with E-state index in [1.807, 2.05) is 13.0 Å². The first kappa shape index (κ1) is 27.5. The van der Waals surface area contributed by atoms with Gasteiger partial charge in [0.2, 0.25) is 11.8 Å². The standard InChI is InChI=1S/C30H25ClF2N6O3/c1-15-11-16-9-10-18(25(31)27(16)35-15)19-6-4-7-21(26(19)33)36-30(42)23-12-17(32)13-38(23)24(40)14-39-22-8-3-2-5-20(22)28(37-39)29(34)41/h2-10,17,23H,11-14H2,1H3,(H2,34,41)(H,36,42)/t17-,23+/m1/s1. The number of nitrogens with one attached hydrogen (secondary N) is 1. The Hall–Kier alpha value is -4.64. The van der Waals surface area contributed by atoms with Crippen LogP contribution in [0.25, 0.3) is 22.0 Å². The summed E-state index contributed by atoms with van der Waals surface area (Å²) in [6.45, 7) is 1.22. The van der Waals surface area contributed by atoms with E-state index in [4.69, 9.17) is 17.3 Å². The zero-order valence-corrected chi connectivity index (χ0v) is 23.2. The molecule has 0 aliphatic carbocycles. The van der Waals surface area contributed by atoms with E-state index in [0.29, 0.717) is 33.6 Å². The Labute approximate surface area is 244 Å². The Morgan fingerprint density at radius 2 is 1.88 bits per heavy atom. The molecule has 1 saturated heterocycles. The molecule has 0 radical (unpaired) electrons. The first-order chi connectivity index (χ1) is 20.1. The number of nitrogens with zero attached hydrogens (tertiary/aromatic N) is 4. The van der Waals surface area contributed by atoms with Crippen LogP contribution in [0.5, 0.6) is 0 Å². The molecule has 0 bridgehead atoms. The molecule has 9 nitrogen and oxygen atoms in total. The van der Waals surface area contributed by atoms with Crippen molar-refractivity contribution in [1.82, 2.24) is 14.7 Å². The second-order valence-corrected chi connectivity index (χ2v) is 10.8. The molecule has 1 fully saturated rings. The number of nitrogens with two attached hydrogens (primary N) is 1. The van der Waals surface area contributed by atoms with Crippen molar-refractivity contribution in [1.29, 1.82) is 0 Å². The van der Waals surface area contributed by atoms with Crippen molar-refractivity contribution < 1.29 is 23.2 Å². The topological polar surface area (TPSA) is 123 Å². The number of carbonyl (C=O) groups excluding carboxylic acids is 3. The monoisotopic (exact) mass is 590 g/mol. The highest BCUT2D eigenvalue weighted by atomic mass is 35.5. The Balaban J connectivity index is 1.24. The number of hydrogen-bond donors (Lipinski definition) is 2. The molecule has 6 rings (SSSR count). The van der Waals surface area contributed by atoms with E-state index in [1.165, 1.54) is 10.7 Å². The summed E-state index contributed by atoms with van der Waals surface area (Å²) >= 11 is 6.60. The van der Waals surface area contributed by atoms with Crippen LogP contribution in [0, 0.1) is 5.82 Å². The number of carbonyl (C=O) groups is 3. The van der Waals surface area contributed by atoms with Crippen LogP contribution in [0.4, 0.5) is 20.2 Å². The number of para-hydroxylation sites is 1. The molecule has 42 heavy (non-hydrogen) atoms. The average Bonchev–Trinajstić information content (AvgIpc) is 3.65. The van der Waals surface area contributed by atoms with Crippen LogP contribution in [-0.2, 0) is 22.6 Å². The van der Waals surface area contributed by atoms with Crippen molar-refractivity contribution >= 4 is 57.3 Å². The number of amides is 3. The molecule has 0 spiro atoms. The van der Waals surface area contributed by atoms with Crippen molar-refractivity contribution in [2.24, 2.45) is 10.7 Å². The first-order valence-electron chi connectivity index (χ1n) is 13.3. The number of hydrogen-bond acceptors (Lipinski definition) is 5. The lowest BCUT2D eigenvalue weighted by Gasteiger charge is -2.24. The molecule has 3 heterocycles. The number of rotatable bonds is 6. The van der Waals surface area contributed by atoms with Crippen LogP contribution < -0.4 is 11.1 Å². The number of benzene rings is 3. The number of anilines is 1. The lowest BCUT2D eigenvalue weighted by atomic mass is 10.00. The van der Waals surface area contributed by atoms with Gasteiger partial charge in [0.25, 0.3) is 5.91 Å². The van der Waals surface area contributed by atoms with Crippen LogP contribution in [0.15, 0.2) is 59.6 Å². The number of likely N-dealkylation sites (tertiary alicyclic amines) is 1. The summed E-state index contributed by atoms with van der Waals surface area (Å²) < 4.78 is 31.6. The Bertz CT molecular complexity index is 1820. The Morgan fingerprint density at radius 1 is 1.10 bits per heavy atom. The maximum atomic E-state index is 15.7. The van der Waals surface area contributed by atoms with Gasteiger partial charge in [-0.15, -0.1) is 0 Å². The summed E-state index contributed by atoms with van der Waals surface area (Å²) in [6.07, 6.45) is -1.03. The summed E-state index contributed by atoms with van der Waals surface area (Å²) in [6, 6.07) is 13.6. The van der Waals surface area contributed by atoms with Crippen LogP contribution in [0.1, 0.15) is 29.4 Å². The van der Waals surface area contributed by atoms with Gasteiger partial charge in [-0.2, -0.15) is 5.10 Å².